The Hall–Kier alpha value is -1.54. The average molecular weight is 316 g/mol. The number of alkyl halides is 4. The molecule has 1 atom stereocenters. The Labute approximate surface area is 120 Å². The third-order valence-electron chi connectivity index (χ3n) is 2.99. The van der Waals surface area contributed by atoms with Gasteiger partial charge in [0.05, 0.1) is 6.54 Å². The van der Waals surface area contributed by atoms with Crippen LogP contribution in [0.25, 0.3) is 0 Å². The van der Waals surface area contributed by atoms with E-state index in [0.717, 1.165) is 6.42 Å². The number of hydrogen-bond acceptors (Lipinski definition) is 2. The summed E-state index contributed by atoms with van der Waals surface area (Å²) < 4.78 is 48.8. The molecule has 0 fully saturated rings. The monoisotopic (exact) mass is 316 g/mol. The van der Waals surface area contributed by atoms with Crippen LogP contribution in [0.5, 0.6) is 0 Å². The van der Waals surface area contributed by atoms with Gasteiger partial charge >= 0.3 is 24.3 Å². The van der Waals surface area contributed by atoms with E-state index >= 15 is 0 Å². The first-order valence-corrected chi connectivity index (χ1v) is 6.58. The Morgan fingerprint density at radius 3 is 2.29 bits per heavy atom. The van der Waals surface area contributed by atoms with Crippen molar-refractivity contribution in [1.82, 2.24) is 10.6 Å². The molecule has 9 heteroatoms. The Morgan fingerprint density at radius 2 is 1.81 bits per heavy atom. The summed E-state index contributed by atoms with van der Waals surface area (Å²) in [6.07, 6.45) is -2.15. The molecule has 0 saturated heterocycles. The van der Waals surface area contributed by atoms with Gasteiger partial charge in [0.25, 0.3) is 0 Å². The summed E-state index contributed by atoms with van der Waals surface area (Å²) in [6, 6.07) is -0.955. The molecule has 0 aliphatic heterocycles. The molecule has 0 spiro atoms. The molecule has 0 aliphatic rings. The Morgan fingerprint density at radius 1 is 1.19 bits per heavy atom. The van der Waals surface area contributed by atoms with Crippen molar-refractivity contribution in [1.29, 1.82) is 0 Å². The van der Waals surface area contributed by atoms with Gasteiger partial charge in [-0.3, -0.25) is 4.79 Å². The lowest BCUT2D eigenvalue weighted by Crippen LogP contribution is -2.45. The van der Waals surface area contributed by atoms with E-state index < -0.39 is 30.9 Å². The van der Waals surface area contributed by atoms with Gasteiger partial charge in [0.15, 0.2) is 0 Å². The minimum Gasteiger partial charge on any atom is -0.481 e. The SMILES string of the molecule is CCC(CCNC(=O)NCC(F)(F)C(F)F)CCC(=O)O. The number of hydrogen-bond donors (Lipinski definition) is 3. The van der Waals surface area contributed by atoms with E-state index in [2.05, 4.69) is 5.32 Å². The summed E-state index contributed by atoms with van der Waals surface area (Å²) in [4.78, 5) is 21.6. The highest BCUT2D eigenvalue weighted by atomic mass is 19.3. The molecule has 0 aliphatic carbocycles. The quantitative estimate of drug-likeness (QED) is 0.542. The normalized spacial score (nSPS) is 13.0. The van der Waals surface area contributed by atoms with E-state index in [4.69, 9.17) is 5.11 Å². The molecule has 124 valence electrons. The first kappa shape index (κ1) is 19.5. The van der Waals surface area contributed by atoms with Crippen molar-refractivity contribution in [3.63, 3.8) is 0 Å². The minimum absolute atomic E-state index is 0.0192. The van der Waals surface area contributed by atoms with Crippen LogP contribution in [-0.4, -0.2) is 42.5 Å². The van der Waals surface area contributed by atoms with E-state index in [0.29, 0.717) is 12.8 Å². The molecule has 0 aromatic carbocycles. The summed E-state index contributed by atoms with van der Waals surface area (Å²) in [5.41, 5.74) is 0. The number of carboxylic acids is 1. The van der Waals surface area contributed by atoms with Gasteiger partial charge in [-0.1, -0.05) is 13.3 Å². The van der Waals surface area contributed by atoms with Gasteiger partial charge < -0.3 is 15.7 Å². The number of amides is 2. The zero-order valence-electron chi connectivity index (χ0n) is 11.7. The number of carbonyl (C=O) groups is 2. The molecule has 3 N–H and O–H groups in total. The molecule has 1 unspecified atom stereocenters. The fourth-order valence-corrected chi connectivity index (χ4v) is 1.61. The Bertz CT molecular complexity index is 340. The Kier molecular flexibility index (Phi) is 8.72. The summed E-state index contributed by atoms with van der Waals surface area (Å²) in [5.74, 6) is -5.08. The predicted molar refractivity (Wildman–Crippen MR) is 67.6 cm³/mol. The van der Waals surface area contributed by atoms with E-state index in [1.165, 1.54) is 0 Å². The van der Waals surface area contributed by atoms with Crippen LogP contribution in [0.3, 0.4) is 0 Å². The van der Waals surface area contributed by atoms with Crippen LogP contribution in [0.2, 0.25) is 0 Å². The minimum atomic E-state index is -4.26. The van der Waals surface area contributed by atoms with Crippen LogP contribution in [-0.2, 0) is 4.79 Å². The standard InChI is InChI=1S/C12H20F4N2O3/c1-2-8(3-4-9(19)20)5-6-17-11(21)18-7-12(15,16)10(13)14/h8,10H,2-7H2,1H3,(H,19,20)(H2,17,18,21). The molecule has 0 saturated carbocycles. The van der Waals surface area contributed by atoms with Crippen LogP contribution in [0.1, 0.15) is 32.6 Å². The van der Waals surface area contributed by atoms with Gasteiger partial charge in [-0.05, 0) is 18.8 Å². The van der Waals surface area contributed by atoms with Gasteiger partial charge in [0.2, 0.25) is 0 Å². The zero-order chi connectivity index (χ0) is 16.5. The lowest BCUT2D eigenvalue weighted by molar-refractivity contribution is -0.137. The molecule has 0 aromatic heterocycles. The maximum atomic E-state index is 12.5. The molecule has 21 heavy (non-hydrogen) atoms. The maximum Gasteiger partial charge on any atom is 0.324 e. The lowest BCUT2D eigenvalue weighted by Gasteiger charge is -2.17. The molecule has 2 amide bonds. The Balaban J connectivity index is 3.90. The van der Waals surface area contributed by atoms with E-state index in [9.17, 15) is 27.2 Å². The van der Waals surface area contributed by atoms with Crippen molar-refractivity contribution >= 4 is 12.0 Å². The molecule has 0 aromatic rings. The molecule has 0 rings (SSSR count). The van der Waals surface area contributed by atoms with Crippen LogP contribution in [0.4, 0.5) is 22.4 Å². The molecular formula is C12H20F4N2O3. The van der Waals surface area contributed by atoms with Crippen molar-refractivity contribution in [3.05, 3.63) is 0 Å². The number of halogens is 4. The van der Waals surface area contributed by atoms with Crippen LogP contribution in [0.15, 0.2) is 0 Å². The number of urea groups is 1. The topological polar surface area (TPSA) is 78.4 Å². The number of nitrogens with one attached hydrogen (secondary N) is 2. The number of carbonyl (C=O) groups excluding carboxylic acids is 1. The summed E-state index contributed by atoms with van der Waals surface area (Å²) in [7, 11) is 0. The van der Waals surface area contributed by atoms with Crippen molar-refractivity contribution in [2.45, 2.75) is 45.0 Å². The van der Waals surface area contributed by atoms with Crippen molar-refractivity contribution in [3.8, 4) is 0 Å². The van der Waals surface area contributed by atoms with E-state index in [-0.39, 0.29) is 18.9 Å². The van der Waals surface area contributed by atoms with E-state index in [1.807, 2.05) is 6.92 Å². The molecule has 5 nitrogen and oxygen atoms in total. The van der Waals surface area contributed by atoms with Crippen LogP contribution in [0, 0.1) is 5.92 Å². The van der Waals surface area contributed by atoms with Gasteiger partial charge in [0.1, 0.15) is 0 Å². The fourth-order valence-electron chi connectivity index (χ4n) is 1.61. The summed E-state index contributed by atoms with van der Waals surface area (Å²) in [5, 5.41) is 12.5. The van der Waals surface area contributed by atoms with Crippen molar-refractivity contribution in [2.24, 2.45) is 5.92 Å². The zero-order valence-corrected chi connectivity index (χ0v) is 11.7. The van der Waals surface area contributed by atoms with Crippen molar-refractivity contribution < 1.29 is 32.3 Å². The maximum absolute atomic E-state index is 12.5. The molecule has 0 heterocycles. The van der Waals surface area contributed by atoms with Crippen LogP contribution >= 0.6 is 0 Å². The van der Waals surface area contributed by atoms with E-state index in [1.54, 1.807) is 5.32 Å². The van der Waals surface area contributed by atoms with Gasteiger partial charge in [-0.2, -0.15) is 8.78 Å². The van der Waals surface area contributed by atoms with Crippen molar-refractivity contribution in [2.75, 3.05) is 13.1 Å². The second kappa shape index (κ2) is 9.41. The molecule has 0 radical (unpaired) electrons. The first-order chi connectivity index (χ1) is 9.69. The smallest absolute Gasteiger partial charge is 0.324 e. The number of aliphatic carboxylic acids is 1. The predicted octanol–water partition coefficient (Wildman–Crippen LogP) is 2.47. The summed E-state index contributed by atoms with van der Waals surface area (Å²) >= 11 is 0. The highest BCUT2D eigenvalue weighted by Crippen LogP contribution is 2.21. The second-order valence-corrected chi connectivity index (χ2v) is 4.67. The average Bonchev–Trinajstić information content (AvgIpc) is 2.40. The number of carboxylic acid groups (broad SMARTS) is 1. The molecular weight excluding hydrogens is 296 g/mol. The fraction of sp³-hybridized carbons (Fsp3) is 0.833. The lowest BCUT2D eigenvalue weighted by atomic mass is 9.97. The summed E-state index contributed by atoms with van der Waals surface area (Å²) in [6.45, 7) is 0.590. The third-order valence-corrected chi connectivity index (χ3v) is 2.99. The van der Waals surface area contributed by atoms with Crippen LogP contribution < -0.4 is 10.6 Å². The van der Waals surface area contributed by atoms with Gasteiger partial charge in [0, 0.05) is 13.0 Å². The highest BCUT2D eigenvalue weighted by Gasteiger charge is 2.40. The van der Waals surface area contributed by atoms with Gasteiger partial charge in [-0.25, -0.2) is 13.6 Å². The third kappa shape index (κ3) is 9.09. The second-order valence-electron chi connectivity index (χ2n) is 4.67. The largest absolute Gasteiger partial charge is 0.481 e. The molecule has 0 bridgehead atoms. The number of rotatable bonds is 10. The van der Waals surface area contributed by atoms with Gasteiger partial charge in [-0.15, -0.1) is 0 Å². The highest BCUT2D eigenvalue weighted by molar-refractivity contribution is 5.73. The first-order valence-electron chi connectivity index (χ1n) is 6.58.